The molecule has 2 nitrogen and oxygen atoms in total. The first-order valence-corrected chi connectivity index (χ1v) is 8.07. The lowest BCUT2D eigenvalue weighted by Gasteiger charge is -2.39. The minimum Gasteiger partial charge on any atom is -0.497 e. The molecule has 0 amide bonds. The molecule has 20 heavy (non-hydrogen) atoms. The Morgan fingerprint density at radius 2 is 1.75 bits per heavy atom. The number of ether oxygens (including phenoxy) is 1. The lowest BCUT2D eigenvalue weighted by Crippen LogP contribution is -2.46. The number of nitrogens with one attached hydrogen (secondary N) is 1. The average Bonchev–Trinajstić information content (AvgIpc) is 2.44. The van der Waals surface area contributed by atoms with Gasteiger partial charge in [0.05, 0.1) is 7.11 Å². The van der Waals surface area contributed by atoms with E-state index in [9.17, 15) is 0 Å². The summed E-state index contributed by atoms with van der Waals surface area (Å²) in [5.41, 5.74) is 1.46. The maximum absolute atomic E-state index is 5.21. The van der Waals surface area contributed by atoms with Gasteiger partial charge < -0.3 is 10.1 Å². The summed E-state index contributed by atoms with van der Waals surface area (Å²) in [6, 6.07) is 9.92. The zero-order valence-corrected chi connectivity index (χ0v) is 13.4. The van der Waals surface area contributed by atoms with E-state index in [0.29, 0.717) is 12.1 Å². The first-order valence-electron chi connectivity index (χ1n) is 8.07. The van der Waals surface area contributed by atoms with Crippen molar-refractivity contribution in [3.8, 4) is 5.75 Å². The predicted octanol–water partition coefficient (Wildman–Crippen LogP) is 4.36. The highest BCUT2D eigenvalue weighted by Crippen LogP contribution is 2.38. The van der Waals surface area contributed by atoms with Gasteiger partial charge in [-0.1, -0.05) is 38.8 Å². The van der Waals surface area contributed by atoms with Crippen molar-refractivity contribution in [1.82, 2.24) is 5.32 Å². The van der Waals surface area contributed by atoms with Crippen LogP contribution in [-0.4, -0.2) is 19.2 Å². The number of hydrogen-bond donors (Lipinski definition) is 1. The molecule has 0 radical (unpaired) electrons. The molecule has 112 valence electrons. The molecule has 0 aliphatic heterocycles. The van der Waals surface area contributed by atoms with Crippen LogP contribution in [0.4, 0.5) is 0 Å². The van der Waals surface area contributed by atoms with Gasteiger partial charge in [-0.2, -0.15) is 0 Å². The average molecular weight is 275 g/mol. The molecule has 1 saturated carbocycles. The van der Waals surface area contributed by atoms with E-state index in [1.54, 1.807) is 7.11 Å². The highest BCUT2D eigenvalue weighted by Gasteiger charge is 2.31. The van der Waals surface area contributed by atoms with Crippen LogP contribution in [0.15, 0.2) is 24.3 Å². The molecule has 1 aromatic rings. The quantitative estimate of drug-likeness (QED) is 0.798. The summed E-state index contributed by atoms with van der Waals surface area (Å²) in [5.74, 6) is 2.49. The Kier molecular flexibility index (Phi) is 5.47. The van der Waals surface area contributed by atoms with Crippen LogP contribution in [0.25, 0.3) is 0 Å². The van der Waals surface area contributed by atoms with Crippen LogP contribution < -0.4 is 10.1 Å². The van der Waals surface area contributed by atoms with Crippen LogP contribution in [-0.2, 0) is 0 Å². The summed E-state index contributed by atoms with van der Waals surface area (Å²) in [6.07, 6.45) is 5.10. The van der Waals surface area contributed by atoms with Crippen molar-refractivity contribution < 1.29 is 4.74 Å². The fourth-order valence-electron chi connectivity index (χ4n) is 3.41. The molecular weight excluding hydrogens is 246 g/mol. The normalized spacial score (nSPS) is 23.4. The van der Waals surface area contributed by atoms with Gasteiger partial charge in [-0.25, -0.2) is 0 Å². The molecule has 1 atom stereocenters. The van der Waals surface area contributed by atoms with Gasteiger partial charge in [-0.3, -0.25) is 0 Å². The van der Waals surface area contributed by atoms with Gasteiger partial charge in [0.1, 0.15) is 5.75 Å². The number of methoxy groups -OCH3 is 1. The minimum atomic E-state index is 0.645. The predicted molar refractivity (Wildman–Crippen MR) is 85.4 cm³/mol. The fraction of sp³-hybridized carbons (Fsp3) is 0.667. The van der Waals surface area contributed by atoms with Crippen molar-refractivity contribution in [2.75, 3.05) is 7.11 Å². The number of hydrogen-bond acceptors (Lipinski definition) is 2. The standard InChI is InChI=1S/C18H29NO/c1-5-14(6-2)13(3)19-17-11-16(12-17)15-7-9-18(20-4)10-8-15/h7-10,13-14,16-17,19H,5-6,11-12H2,1-4H3. The third-order valence-electron chi connectivity index (χ3n) is 4.98. The summed E-state index contributed by atoms with van der Waals surface area (Å²) in [4.78, 5) is 0. The maximum atomic E-state index is 5.21. The van der Waals surface area contributed by atoms with Crippen LogP contribution in [0.1, 0.15) is 57.9 Å². The fourth-order valence-corrected chi connectivity index (χ4v) is 3.41. The van der Waals surface area contributed by atoms with Gasteiger partial charge >= 0.3 is 0 Å². The highest BCUT2D eigenvalue weighted by molar-refractivity contribution is 5.30. The summed E-state index contributed by atoms with van der Waals surface area (Å²) in [5, 5.41) is 3.82. The molecule has 1 aromatic carbocycles. The van der Waals surface area contributed by atoms with Gasteiger partial charge in [0, 0.05) is 12.1 Å². The molecule has 1 aliphatic rings. The number of rotatable bonds is 7. The molecule has 0 bridgehead atoms. The summed E-state index contributed by atoms with van der Waals surface area (Å²) in [7, 11) is 1.72. The van der Waals surface area contributed by atoms with E-state index in [-0.39, 0.29) is 0 Å². The van der Waals surface area contributed by atoms with Crippen molar-refractivity contribution in [1.29, 1.82) is 0 Å². The van der Waals surface area contributed by atoms with Crippen molar-refractivity contribution >= 4 is 0 Å². The van der Waals surface area contributed by atoms with Gasteiger partial charge in [-0.15, -0.1) is 0 Å². The van der Waals surface area contributed by atoms with E-state index < -0.39 is 0 Å². The molecule has 1 unspecified atom stereocenters. The Balaban J connectivity index is 1.79. The molecular formula is C18H29NO. The van der Waals surface area contributed by atoms with Crippen molar-refractivity contribution in [3.63, 3.8) is 0 Å². The van der Waals surface area contributed by atoms with Crippen LogP contribution >= 0.6 is 0 Å². The molecule has 0 aromatic heterocycles. The van der Waals surface area contributed by atoms with Gasteiger partial charge in [0.2, 0.25) is 0 Å². The molecule has 2 rings (SSSR count). The highest BCUT2D eigenvalue weighted by atomic mass is 16.5. The number of benzene rings is 1. The van der Waals surface area contributed by atoms with Gasteiger partial charge in [-0.05, 0) is 49.3 Å². The second-order valence-electron chi connectivity index (χ2n) is 6.17. The molecule has 1 aliphatic carbocycles. The molecule has 1 N–H and O–H groups in total. The molecule has 0 saturated heterocycles. The lowest BCUT2D eigenvalue weighted by atomic mass is 9.75. The van der Waals surface area contributed by atoms with Crippen molar-refractivity contribution in [2.24, 2.45) is 5.92 Å². The van der Waals surface area contributed by atoms with E-state index in [0.717, 1.165) is 17.6 Å². The van der Waals surface area contributed by atoms with Crippen LogP contribution in [0.5, 0.6) is 5.75 Å². The van der Waals surface area contributed by atoms with Gasteiger partial charge in [0.15, 0.2) is 0 Å². The summed E-state index contributed by atoms with van der Waals surface area (Å²) >= 11 is 0. The first kappa shape index (κ1) is 15.4. The Morgan fingerprint density at radius 3 is 2.25 bits per heavy atom. The summed E-state index contributed by atoms with van der Waals surface area (Å²) in [6.45, 7) is 6.94. The van der Waals surface area contributed by atoms with E-state index in [1.807, 2.05) is 0 Å². The zero-order valence-electron chi connectivity index (χ0n) is 13.4. The smallest absolute Gasteiger partial charge is 0.118 e. The van der Waals surface area contributed by atoms with Crippen LogP contribution in [0.3, 0.4) is 0 Å². The van der Waals surface area contributed by atoms with Crippen LogP contribution in [0.2, 0.25) is 0 Å². The maximum Gasteiger partial charge on any atom is 0.118 e. The lowest BCUT2D eigenvalue weighted by molar-refractivity contribution is 0.232. The Labute approximate surface area is 123 Å². The largest absolute Gasteiger partial charge is 0.497 e. The van der Waals surface area contributed by atoms with E-state index in [2.05, 4.69) is 50.4 Å². The molecule has 0 spiro atoms. The van der Waals surface area contributed by atoms with Gasteiger partial charge in [0.25, 0.3) is 0 Å². The molecule has 0 heterocycles. The van der Waals surface area contributed by atoms with E-state index in [4.69, 9.17) is 4.74 Å². The Bertz CT molecular complexity index is 390. The zero-order chi connectivity index (χ0) is 14.5. The first-order chi connectivity index (χ1) is 9.67. The third-order valence-corrected chi connectivity index (χ3v) is 4.98. The molecule has 1 fully saturated rings. The second kappa shape index (κ2) is 7.12. The third kappa shape index (κ3) is 3.54. The minimum absolute atomic E-state index is 0.645. The topological polar surface area (TPSA) is 21.3 Å². The monoisotopic (exact) mass is 275 g/mol. The van der Waals surface area contributed by atoms with Crippen molar-refractivity contribution in [3.05, 3.63) is 29.8 Å². The SMILES string of the molecule is CCC(CC)C(C)NC1CC(c2ccc(OC)cc2)C1. The van der Waals surface area contributed by atoms with E-state index in [1.165, 1.54) is 31.2 Å². The van der Waals surface area contributed by atoms with E-state index >= 15 is 0 Å². The Hall–Kier alpha value is -1.02. The second-order valence-corrected chi connectivity index (χ2v) is 6.17. The van der Waals surface area contributed by atoms with Crippen LogP contribution in [0, 0.1) is 5.92 Å². The Morgan fingerprint density at radius 1 is 1.15 bits per heavy atom. The summed E-state index contributed by atoms with van der Waals surface area (Å²) < 4.78 is 5.21. The molecule has 2 heteroatoms. The van der Waals surface area contributed by atoms with Crippen molar-refractivity contribution in [2.45, 2.75) is 64.5 Å².